The summed E-state index contributed by atoms with van der Waals surface area (Å²) in [5.74, 6) is -1.73. The van der Waals surface area contributed by atoms with E-state index in [0.29, 0.717) is 16.6 Å². The van der Waals surface area contributed by atoms with Gasteiger partial charge >= 0.3 is 12.0 Å². The van der Waals surface area contributed by atoms with E-state index in [4.69, 9.17) is 5.11 Å². The smallest absolute Gasteiger partial charge is 0.326 e. The third-order valence-corrected chi connectivity index (χ3v) is 3.60. The molecule has 1 aromatic carbocycles. The minimum atomic E-state index is -1.09. The van der Waals surface area contributed by atoms with Crippen LogP contribution in [0.2, 0.25) is 0 Å². The van der Waals surface area contributed by atoms with Crippen LogP contribution >= 0.6 is 15.9 Å². The monoisotopic (exact) mass is 346 g/mol. The molecule has 3 N–H and O–H groups in total. The second-order valence-corrected chi connectivity index (χ2v) is 5.28. The number of hydrogen-bond acceptors (Lipinski definition) is 2. The zero-order valence-electron chi connectivity index (χ0n) is 11.1. The molecule has 0 aliphatic rings. The molecule has 0 aromatic heterocycles. The topological polar surface area (TPSA) is 78.4 Å². The van der Waals surface area contributed by atoms with Gasteiger partial charge in [0.15, 0.2) is 0 Å². The molecule has 7 heteroatoms. The number of carboxylic acid groups (broad SMARTS) is 1. The number of carbonyl (C=O) groups is 2. The summed E-state index contributed by atoms with van der Waals surface area (Å²) in [5.41, 5.74) is 0.359. The summed E-state index contributed by atoms with van der Waals surface area (Å²) in [7, 11) is 0. The average molecular weight is 347 g/mol. The highest BCUT2D eigenvalue weighted by atomic mass is 79.9. The number of amides is 2. The van der Waals surface area contributed by atoms with Gasteiger partial charge in [-0.25, -0.2) is 14.0 Å². The molecule has 0 saturated carbocycles. The van der Waals surface area contributed by atoms with Crippen LogP contribution in [0.1, 0.15) is 20.3 Å². The van der Waals surface area contributed by atoms with Gasteiger partial charge in [0.25, 0.3) is 0 Å². The molecular formula is C13H16BrFN2O3. The van der Waals surface area contributed by atoms with Gasteiger partial charge in [-0.3, -0.25) is 0 Å². The quantitative estimate of drug-likeness (QED) is 0.765. The number of rotatable bonds is 5. The number of carboxylic acids is 1. The predicted molar refractivity (Wildman–Crippen MR) is 77.1 cm³/mol. The molecule has 1 unspecified atom stereocenters. The highest BCUT2D eigenvalue weighted by Crippen LogP contribution is 2.23. The van der Waals surface area contributed by atoms with Gasteiger partial charge in [0.1, 0.15) is 11.9 Å². The van der Waals surface area contributed by atoms with E-state index in [-0.39, 0.29) is 5.92 Å². The van der Waals surface area contributed by atoms with E-state index in [1.807, 2.05) is 6.92 Å². The Kier molecular flexibility index (Phi) is 5.94. The number of nitrogens with one attached hydrogen (secondary N) is 2. The van der Waals surface area contributed by atoms with Crippen molar-refractivity contribution in [3.63, 3.8) is 0 Å². The van der Waals surface area contributed by atoms with Crippen molar-refractivity contribution in [2.24, 2.45) is 5.92 Å². The van der Waals surface area contributed by atoms with Crippen molar-refractivity contribution in [2.45, 2.75) is 26.3 Å². The van der Waals surface area contributed by atoms with Gasteiger partial charge in [-0.15, -0.1) is 0 Å². The van der Waals surface area contributed by atoms with Gasteiger partial charge in [-0.1, -0.05) is 20.3 Å². The normalized spacial score (nSPS) is 13.4. The van der Waals surface area contributed by atoms with E-state index in [2.05, 4.69) is 26.6 Å². The molecule has 0 heterocycles. The molecule has 110 valence electrons. The zero-order valence-corrected chi connectivity index (χ0v) is 12.7. The minimum absolute atomic E-state index is 0.199. The van der Waals surface area contributed by atoms with Gasteiger partial charge in [0.05, 0.1) is 5.69 Å². The lowest BCUT2D eigenvalue weighted by Crippen LogP contribution is -2.46. The number of anilines is 1. The Hall–Kier alpha value is -1.63. The fourth-order valence-electron chi connectivity index (χ4n) is 1.57. The first-order chi connectivity index (χ1) is 9.35. The van der Waals surface area contributed by atoms with Crippen molar-refractivity contribution in [3.05, 3.63) is 28.5 Å². The molecule has 0 aliphatic carbocycles. The van der Waals surface area contributed by atoms with Crippen molar-refractivity contribution in [1.82, 2.24) is 5.32 Å². The number of halogens is 2. The van der Waals surface area contributed by atoms with Crippen LogP contribution in [0.3, 0.4) is 0 Å². The van der Waals surface area contributed by atoms with Crippen molar-refractivity contribution >= 4 is 33.6 Å². The van der Waals surface area contributed by atoms with Crippen LogP contribution in [0.5, 0.6) is 0 Å². The zero-order chi connectivity index (χ0) is 15.3. The molecule has 0 aliphatic heterocycles. The lowest BCUT2D eigenvalue weighted by molar-refractivity contribution is -0.140. The van der Waals surface area contributed by atoms with E-state index in [9.17, 15) is 14.0 Å². The van der Waals surface area contributed by atoms with E-state index in [1.54, 1.807) is 6.92 Å². The Labute approximate surface area is 124 Å². The summed E-state index contributed by atoms with van der Waals surface area (Å²) in [6.45, 7) is 3.59. The van der Waals surface area contributed by atoms with Gasteiger partial charge < -0.3 is 15.7 Å². The highest BCUT2D eigenvalue weighted by molar-refractivity contribution is 9.10. The van der Waals surface area contributed by atoms with E-state index < -0.39 is 23.9 Å². The molecule has 0 saturated heterocycles. The van der Waals surface area contributed by atoms with Crippen LogP contribution in [0.4, 0.5) is 14.9 Å². The maximum absolute atomic E-state index is 12.9. The second kappa shape index (κ2) is 7.23. The summed E-state index contributed by atoms with van der Waals surface area (Å²) < 4.78 is 13.3. The molecular weight excluding hydrogens is 331 g/mol. The van der Waals surface area contributed by atoms with Gasteiger partial charge in [0, 0.05) is 4.47 Å². The number of hydrogen-bond donors (Lipinski definition) is 3. The summed E-state index contributed by atoms with van der Waals surface area (Å²) >= 11 is 3.11. The Morgan fingerprint density at radius 1 is 1.45 bits per heavy atom. The van der Waals surface area contributed by atoms with Crippen molar-refractivity contribution < 1.29 is 19.1 Å². The van der Waals surface area contributed by atoms with Crippen LogP contribution in [-0.2, 0) is 4.79 Å². The van der Waals surface area contributed by atoms with Crippen LogP contribution in [0.25, 0.3) is 0 Å². The summed E-state index contributed by atoms with van der Waals surface area (Å²) in [4.78, 5) is 22.9. The highest BCUT2D eigenvalue weighted by Gasteiger charge is 2.25. The van der Waals surface area contributed by atoms with Gasteiger partial charge in [-0.05, 0) is 40.0 Å². The summed E-state index contributed by atoms with van der Waals surface area (Å²) in [6, 6.07) is 2.17. The first kappa shape index (κ1) is 16.4. The third kappa shape index (κ3) is 4.48. The first-order valence-electron chi connectivity index (χ1n) is 6.10. The second-order valence-electron chi connectivity index (χ2n) is 4.42. The Morgan fingerprint density at radius 3 is 2.60 bits per heavy atom. The van der Waals surface area contributed by atoms with E-state index in [0.717, 1.165) is 0 Å². The van der Waals surface area contributed by atoms with Gasteiger partial charge in [0.2, 0.25) is 0 Å². The van der Waals surface area contributed by atoms with Crippen LogP contribution in [0, 0.1) is 11.7 Å². The molecule has 0 spiro atoms. The minimum Gasteiger partial charge on any atom is -0.480 e. The Bertz CT molecular complexity index is 510. The fourth-order valence-corrected chi connectivity index (χ4v) is 2.02. The summed E-state index contributed by atoms with van der Waals surface area (Å²) in [5, 5.41) is 13.9. The lowest BCUT2D eigenvalue weighted by Gasteiger charge is -2.20. The number of aliphatic carboxylic acids is 1. The Balaban J connectivity index is 2.73. The molecule has 0 fully saturated rings. The molecule has 5 nitrogen and oxygen atoms in total. The Morgan fingerprint density at radius 2 is 2.10 bits per heavy atom. The number of urea groups is 1. The van der Waals surface area contributed by atoms with E-state index >= 15 is 0 Å². The molecule has 0 radical (unpaired) electrons. The SMILES string of the molecule is CCC(C)[C@H](NC(=O)Nc1ccc(F)cc1Br)C(=O)O. The maximum Gasteiger partial charge on any atom is 0.326 e. The van der Waals surface area contributed by atoms with Crippen molar-refractivity contribution in [1.29, 1.82) is 0 Å². The number of carbonyl (C=O) groups excluding carboxylic acids is 1. The largest absolute Gasteiger partial charge is 0.480 e. The van der Waals surface area contributed by atoms with Gasteiger partial charge in [-0.2, -0.15) is 0 Å². The molecule has 2 atom stereocenters. The van der Waals surface area contributed by atoms with Crippen molar-refractivity contribution in [2.75, 3.05) is 5.32 Å². The van der Waals surface area contributed by atoms with Crippen LogP contribution in [0.15, 0.2) is 22.7 Å². The van der Waals surface area contributed by atoms with Crippen LogP contribution < -0.4 is 10.6 Å². The summed E-state index contributed by atoms with van der Waals surface area (Å²) in [6.07, 6.45) is 0.623. The van der Waals surface area contributed by atoms with Crippen LogP contribution in [-0.4, -0.2) is 23.1 Å². The van der Waals surface area contributed by atoms with Crippen molar-refractivity contribution in [3.8, 4) is 0 Å². The first-order valence-corrected chi connectivity index (χ1v) is 6.89. The maximum atomic E-state index is 12.9. The third-order valence-electron chi connectivity index (χ3n) is 2.94. The lowest BCUT2D eigenvalue weighted by atomic mass is 9.99. The average Bonchev–Trinajstić information content (AvgIpc) is 2.38. The molecule has 2 amide bonds. The van der Waals surface area contributed by atoms with E-state index in [1.165, 1.54) is 18.2 Å². The fraction of sp³-hybridized carbons (Fsp3) is 0.385. The molecule has 1 aromatic rings. The predicted octanol–water partition coefficient (Wildman–Crippen LogP) is 3.21. The molecule has 20 heavy (non-hydrogen) atoms. The standard InChI is InChI=1S/C13H16BrFN2O3/c1-3-7(2)11(12(18)19)17-13(20)16-10-5-4-8(15)6-9(10)14/h4-7,11H,3H2,1-2H3,(H,18,19)(H2,16,17,20)/t7?,11-/m0/s1. The number of benzene rings is 1. The molecule has 1 rings (SSSR count). The molecule has 0 bridgehead atoms.